The van der Waals surface area contributed by atoms with E-state index in [0.29, 0.717) is 25.1 Å². The summed E-state index contributed by atoms with van der Waals surface area (Å²) in [6.45, 7) is 1.79. The number of nitrogens with zero attached hydrogens (tertiary/aromatic N) is 5. The van der Waals surface area contributed by atoms with E-state index in [4.69, 9.17) is 10.6 Å². The highest BCUT2D eigenvalue weighted by atomic mass is 32.2. The zero-order valence-electron chi connectivity index (χ0n) is 12.0. The Bertz CT molecular complexity index is 631. The zero-order chi connectivity index (χ0) is 15.2. The first-order valence-corrected chi connectivity index (χ1v) is 7.54. The molecule has 0 spiro atoms. The number of nitrogens with one attached hydrogen (secondary N) is 1. The number of nitrogen functional groups attached to an aromatic ring is 1. The third-order valence-electron chi connectivity index (χ3n) is 2.52. The minimum Gasteiger partial charge on any atom is -0.548 e. The van der Waals surface area contributed by atoms with Gasteiger partial charge in [-0.15, -0.1) is 14.3 Å². The first-order valence-electron chi connectivity index (χ1n) is 6.43. The van der Waals surface area contributed by atoms with E-state index in [-0.39, 0.29) is 5.82 Å². The molecule has 116 valence electrons. The number of aromatic nitrogens is 4. The van der Waals surface area contributed by atoms with Crippen LogP contribution in [-0.2, 0) is 6.54 Å². The fourth-order valence-corrected chi connectivity index (χ4v) is 2.32. The molecule has 0 fully saturated rings. The van der Waals surface area contributed by atoms with Gasteiger partial charge < -0.3 is 20.0 Å². The van der Waals surface area contributed by atoms with Crippen LogP contribution in [-0.4, -0.2) is 55.4 Å². The summed E-state index contributed by atoms with van der Waals surface area (Å²) in [5, 5.41) is 4.11. The van der Waals surface area contributed by atoms with E-state index in [1.165, 1.54) is 4.85 Å². The van der Waals surface area contributed by atoms with Crippen LogP contribution in [0.2, 0.25) is 0 Å². The summed E-state index contributed by atoms with van der Waals surface area (Å²) in [7, 11) is 3.99. The maximum absolute atomic E-state index is 11.0. The van der Waals surface area contributed by atoms with E-state index >= 15 is 0 Å². The molecule has 2 aromatic rings. The predicted octanol–water partition coefficient (Wildman–Crippen LogP) is -0.603. The van der Waals surface area contributed by atoms with Gasteiger partial charge in [-0.3, -0.25) is 4.99 Å². The van der Waals surface area contributed by atoms with Gasteiger partial charge in [0.15, 0.2) is 11.1 Å². The Morgan fingerprint density at radius 3 is 3.05 bits per heavy atom. The van der Waals surface area contributed by atoms with Crippen LogP contribution in [0.1, 0.15) is 12.0 Å². The molecule has 0 aromatic carbocycles. The number of rotatable bonds is 7. The highest BCUT2D eigenvalue weighted by Gasteiger charge is 2.03. The fourth-order valence-electron chi connectivity index (χ4n) is 1.67. The molecule has 21 heavy (non-hydrogen) atoms. The number of anilines is 1. The van der Waals surface area contributed by atoms with Crippen molar-refractivity contribution in [1.29, 1.82) is 0 Å². The van der Waals surface area contributed by atoms with Gasteiger partial charge in [-0.25, -0.2) is 0 Å². The lowest BCUT2D eigenvalue weighted by Crippen LogP contribution is -2.15. The second kappa shape index (κ2) is 7.20. The summed E-state index contributed by atoms with van der Waals surface area (Å²) in [4.78, 5) is 13.1. The summed E-state index contributed by atoms with van der Waals surface area (Å²) in [5.41, 5.74) is 6.99. The lowest BCUT2D eigenvalue weighted by molar-refractivity contribution is 0.0814. The minimum atomic E-state index is -1.49. The third-order valence-corrected chi connectivity index (χ3v) is 3.25. The molecule has 1 atom stereocenters. The van der Waals surface area contributed by atoms with Crippen molar-refractivity contribution in [2.45, 2.75) is 13.0 Å². The van der Waals surface area contributed by atoms with Crippen LogP contribution >= 0.6 is 11.1 Å². The van der Waals surface area contributed by atoms with Crippen LogP contribution in [0.4, 0.5) is 5.82 Å². The van der Waals surface area contributed by atoms with E-state index < -0.39 is 11.1 Å². The maximum atomic E-state index is 11.0. The van der Waals surface area contributed by atoms with E-state index in [1.54, 1.807) is 6.20 Å². The van der Waals surface area contributed by atoms with Gasteiger partial charge in [0.2, 0.25) is 11.3 Å². The van der Waals surface area contributed by atoms with Crippen molar-refractivity contribution in [1.82, 2.24) is 23.6 Å². The van der Waals surface area contributed by atoms with Crippen molar-refractivity contribution in [3.8, 4) is 0 Å². The Morgan fingerprint density at radius 1 is 1.57 bits per heavy atom. The van der Waals surface area contributed by atoms with Crippen LogP contribution in [0.3, 0.4) is 0 Å². The highest BCUT2D eigenvalue weighted by Crippen LogP contribution is 2.00. The number of aromatic amines is 1. The molecule has 0 radical (unpaired) electrons. The standard InChI is InChI=1S/C11H19N7O2S/c1-17(2)7-9-6-14-18(8-9)20-5-3-4-13-11-10(12)15-21(19)16-11/h6,8H,3-5,7H2,1-2H3,(H2,12,15)(H,13,16). The lowest BCUT2D eigenvalue weighted by Gasteiger charge is -2.06. The first kappa shape index (κ1) is 15.5. The van der Waals surface area contributed by atoms with Crippen LogP contribution < -0.4 is 16.1 Å². The molecule has 0 aliphatic carbocycles. The number of hydrogen-bond donors (Lipinski definition) is 2. The lowest BCUT2D eigenvalue weighted by atomic mass is 10.3. The Labute approximate surface area is 125 Å². The van der Waals surface area contributed by atoms with Crippen LogP contribution in [0.5, 0.6) is 0 Å². The molecule has 2 rings (SSSR count). The van der Waals surface area contributed by atoms with Crippen LogP contribution in [0.25, 0.3) is 0 Å². The van der Waals surface area contributed by atoms with Crippen molar-refractivity contribution >= 4 is 17.0 Å². The highest BCUT2D eigenvalue weighted by molar-refractivity contribution is 7.13. The molecule has 0 bridgehead atoms. The summed E-state index contributed by atoms with van der Waals surface area (Å²) in [6, 6.07) is 0. The van der Waals surface area contributed by atoms with Crippen LogP contribution in [0.15, 0.2) is 17.4 Å². The molecule has 3 N–H and O–H groups in total. The molecule has 0 amide bonds. The largest absolute Gasteiger partial charge is 0.548 e. The SMILES string of the molecule is CN(C)Cc1cnn(OCCCN=c2[nH][s+]([O-])nc2N)c1. The second-order valence-electron chi connectivity index (χ2n) is 4.73. The first-order chi connectivity index (χ1) is 10.0. The molecule has 9 nitrogen and oxygen atoms in total. The Balaban J connectivity index is 1.74. The fraction of sp³-hybridized carbons (Fsp3) is 0.545. The number of hydrogen-bond acceptors (Lipinski definition) is 7. The van der Waals surface area contributed by atoms with Gasteiger partial charge in [0.25, 0.3) is 0 Å². The molecule has 10 heteroatoms. The van der Waals surface area contributed by atoms with E-state index in [0.717, 1.165) is 12.1 Å². The molecule has 0 saturated carbocycles. The molecular formula is C11H19N7O2S. The second-order valence-corrected chi connectivity index (χ2v) is 5.62. The average Bonchev–Trinajstić information content (AvgIpc) is 2.95. The molecule has 2 aromatic heterocycles. The van der Waals surface area contributed by atoms with Gasteiger partial charge >= 0.3 is 0 Å². The van der Waals surface area contributed by atoms with Crippen molar-refractivity contribution in [2.24, 2.45) is 4.99 Å². The third kappa shape index (κ3) is 4.85. The predicted molar refractivity (Wildman–Crippen MR) is 77.8 cm³/mol. The quantitative estimate of drug-likeness (QED) is 0.520. The van der Waals surface area contributed by atoms with E-state index in [1.807, 2.05) is 20.3 Å². The van der Waals surface area contributed by atoms with Gasteiger partial charge in [-0.05, 0) is 14.1 Å². The van der Waals surface area contributed by atoms with E-state index in [2.05, 4.69) is 23.7 Å². The topological polar surface area (TPSA) is 120 Å². The molecule has 0 aliphatic heterocycles. The zero-order valence-corrected chi connectivity index (χ0v) is 12.8. The summed E-state index contributed by atoms with van der Waals surface area (Å²) in [5.74, 6) is 0.176. The van der Waals surface area contributed by atoms with Gasteiger partial charge in [0.05, 0.1) is 12.4 Å². The Hall–Kier alpha value is -1.91. The number of nitrogens with two attached hydrogens (primary N) is 1. The Morgan fingerprint density at radius 2 is 2.38 bits per heavy atom. The molecule has 0 saturated heterocycles. The van der Waals surface area contributed by atoms with Crippen molar-refractivity contribution in [2.75, 3.05) is 33.0 Å². The van der Waals surface area contributed by atoms with Gasteiger partial charge in [0, 0.05) is 29.4 Å². The molecule has 1 unspecified atom stereocenters. The molecule has 0 aliphatic rings. The van der Waals surface area contributed by atoms with Gasteiger partial charge in [-0.1, -0.05) is 0 Å². The van der Waals surface area contributed by atoms with Crippen molar-refractivity contribution < 1.29 is 9.39 Å². The van der Waals surface area contributed by atoms with Gasteiger partial charge in [0.1, 0.15) is 6.61 Å². The smallest absolute Gasteiger partial charge is 0.229 e. The average molecular weight is 313 g/mol. The summed E-state index contributed by atoms with van der Waals surface area (Å²) >= 11 is -1.49. The summed E-state index contributed by atoms with van der Waals surface area (Å²) < 4.78 is 17.2. The Kier molecular flexibility index (Phi) is 5.31. The maximum Gasteiger partial charge on any atom is 0.229 e. The van der Waals surface area contributed by atoms with Gasteiger partial charge in [-0.2, -0.15) is 0 Å². The normalized spacial score (nSPS) is 13.1. The molecule has 2 heterocycles. The van der Waals surface area contributed by atoms with Crippen molar-refractivity contribution in [3.05, 3.63) is 23.4 Å². The minimum absolute atomic E-state index is 0.176. The number of H-pyrrole nitrogens is 1. The van der Waals surface area contributed by atoms with Crippen LogP contribution in [0, 0.1) is 0 Å². The monoisotopic (exact) mass is 313 g/mol. The van der Waals surface area contributed by atoms with Crippen molar-refractivity contribution in [3.63, 3.8) is 0 Å². The molecular weight excluding hydrogens is 294 g/mol. The summed E-state index contributed by atoms with van der Waals surface area (Å²) in [6.07, 6.45) is 4.31. The van der Waals surface area contributed by atoms with E-state index in [9.17, 15) is 4.55 Å².